The van der Waals surface area contributed by atoms with Gasteiger partial charge in [0, 0.05) is 11.8 Å². The normalized spacial score (nSPS) is 10.1. The summed E-state index contributed by atoms with van der Waals surface area (Å²) in [4.78, 5) is 30.1. The Morgan fingerprint density at radius 1 is 1.21 bits per heavy atom. The molecule has 0 bridgehead atoms. The number of nitrogens with two attached hydrogens (primary N) is 1. The van der Waals surface area contributed by atoms with E-state index in [4.69, 9.17) is 10.8 Å². The van der Waals surface area contributed by atoms with Crippen LogP contribution in [0, 0.1) is 0 Å². The van der Waals surface area contributed by atoms with Gasteiger partial charge in [-0.2, -0.15) is 0 Å². The molecule has 0 aliphatic carbocycles. The minimum absolute atomic E-state index is 0.113. The Balaban J connectivity index is 2.49. The van der Waals surface area contributed by atoms with Crippen molar-refractivity contribution in [1.29, 1.82) is 0 Å². The van der Waals surface area contributed by atoms with E-state index in [-0.39, 0.29) is 17.7 Å². The van der Waals surface area contributed by atoms with Gasteiger partial charge < -0.3 is 10.8 Å². The predicted molar refractivity (Wildman–Crippen MR) is 67.3 cm³/mol. The molecule has 96 valence electrons. The maximum absolute atomic E-state index is 11.0. The highest BCUT2D eigenvalue weighted by atomic mass is 16.4. The molecule has 0 unspecified atom stereocenters. The standard InChI is InChI=1S/C13H11N3O3/c14-11(17)6-10-9(13(18)19)7-15-12(16-10)8-4-2-1-3-5-8/h1-5,7H,6H2,(H2,14,17)(H,18,19). The minimum Gasteiger partial charge on any atom is -0.478 e. The van der Waals surface area contributed by atoms with Gasteiger partial charge >= 0.3 is 5.97 Å². The lowest BCUT2D eigenvalue weighted by molar-refractivity contribution is -0.117. The first-order valence-electron chi connectivity index (χ1n) is 5.51. The first-order chi connectivity index (χ1) is 9.08. The van der Waals surface area contributed by atoms with Crippen LogP contribution in [-0.2, 0) is 11.2 Å². The topological polar surface area (TPSA) is 106 Å². The average Bonchev–Trinajstić information content (AvgIpc) is 2.38. The van der Waals surface area contributed by atoms with Crippen LogP contribution in [-0.4, -0.2) is 27.0 Å². The van der Waals surface area contributed by atoms with Crippen molar-refractivity contribution in [2.75, 3.05) is 0 Å². The number of aromatic nitrogens is 2. The summed E-state index contributed by atoms with van der Waals surface area (Å²) in [7, 11) is 0. The summed E-state index contributed by atoms with van der Waals surface area (Å²) in [6.45, 7) is 0. The summed E-state index contributed by atoms with van der Waals surface area (Å²) in [5.74, 6) is -1.46. The molecule has 19 heavy (non-hydrogen) atoms. The monoisotopic (exact) mass is 257 g/mol. The van der Waals surface area contributed by atoms with E-state index in [1.54, 1.807) is 12.1 Å². The van der Waals surface area contributed by atoms with Gasteiger partial charge in [-0.05, 0) is 0 Å². The molecule has 0 fully saturated rings. The molecule has 0 saturated carbocycles. The number of carboxylic acids is 1. The largest absolute Gasteiger partial charge is 0.478 e. The van der Waals surface area contributed by atoms with Gasteiger partial charge in [0.15, 0.2) is 5.82 Å². The third-order valence-electron chi connectivity index (χ3n) is 2.47. The van der Waals surface area contributed by atoms with Crippen molar-refractivity contribution in [3.05, 3.63) is 47.8 Å². The van der Waals surface area contributed by atoms with E-state index in [0.29, 0.717) is 5.82 Å². The molecule has 2 rings (SSSR count). The van der Waals surface area contributed by atoms with Crippen LogP contribution < -0.4 is 5.73 Å². The van der Waals surface area contributed by atoms with Crippen LogP contribution in [0.3, 0.4) is 0 Å². The van der Waals surface area contributed by atoms with E-state index >= 15 is 0 Å². The SMILES string of the molecule is NC(=O)Cc1nc(-c2ccccc2)ncc1C(=O)O. The molecule has 0 spiro atoms. The third-order valence-corrected chi connectivity index (χ3v) is 2.47. The fraction of sp³-hybridized carbons (Fsp3) is 0.0769. The van der Waals surface area contributed by atoms with E-state index in [1.807, 2.05) is 18.2 Å². The van der Waals surface area contributed by atoms with Gasteiger partial charge in [0.2, 0.25) is 5.91 Å². The fourth-order valence-corrected chi connectivity index (χ4v) is 1.62. The number of hydrogen-bond donors (Lipinski definition) is 2. The van der Waals surface area contributed by atoms with E-state index < -0.39 is 11.9 Å². The van der Waals surface area contributed by atoms with Crippen LogP contribution in [0.25, 0.3) is 11.4 Å². The summed E-state index contributed by atoms with van der Waals surface area (Å²) in [6, 6.07) is 9.07. The van der Waals surface area contributed by atoms with Gasteiger partial charge in [0.1, 0.15) is 0 Å². The van der Waals surface area contributed by atoms with Gasteiger partial charge in [-0.15, -0.1) is 0 Å². The number of amides is 1. The zero-order valence-corrected chi connectivity index (χ0v) is 9.91. The Bertz CT molecular complexity index is 626. The first kappa shape index (κ1) is 12.7. The molecule has 0 saturated heterocycles. The molecule has 0 atom stereocenters. The van der Waals surface area contributed by atoms with Crippen LogP contribution in [0.5, 0.6) is 0 Å². The summed E-state index contributed by atoms with van der Waals surface area (Å²) < 4.78 is 0. The van der Waals surface area contributed by atoms with Gasteiger partial charge in [-0.3, -0.25) is 4.79 Å². The number of benzene rings is 1. The number of carbonyl (C=O) groups is 2. The Morgan fingerprint density at radius 2 is 1.89 bits per heavy atom. The molecular weight excluding hydrogens is 246 g/mol. The number of carbonyl (C=O) groups excluding carboxylic acids is 1. The number of carboxylic acid groups (broad SMARTS) is 1. The highest BCUT2D eigenvalue weighted by Crippen LogP contribution is 2.16. The molecule has 1 aromatic carbocycles. The second kappa shape index (κ2) is 5.26. The maximum Gasteiger partial charge on any atom is 0.339 e. The summed E-state index contributed by atoms with van der Waals surface area (Å²) in [5.41, 5.74) is 5.84. The molecule has 1 heterocycles. The molecular formula is C13H11N3O3. The summed E-state index contributed by atoms with van der Waals surface area (Å²) in [5, 5.41) is 9.01. The second-order valence-corrected chi connectivity index (χ2v) is 3.87. The van der Waals surface area contributed by atoms with Crippen molar-refractivity contribution < 1.29 is 14.7 Å². The van der Waals surface area contributed by atoms with E-state index in [2.05, 4.69) is 9.97 Å². The van der Waals surface area contributed by atoms with Gasteiger partial charge in [-0.1, -0.05) is 30.3 Å². The Kier molecular flexibility index (Phi) is 3.51. The number of hydrogen-bond acceptors (Lipinski definition) is 4. The third kappa shape index (κ3) is 2.92. The van der Waals surface area contributed by atoms with Crippen LogP contribution >= 0.6 is 0 Å². The molecule has 0 aliphatic rings. The second-order valence-electron chi connectivity index (χ2n) is 3.87. The molecule has 1 amide bonds. The smallest absolute Gasteiger partial charge is 0.339 e. The highest BCUT2D eigenvalue weighted by Gasteiger charge is 2.15. The Morgan fingerprint density at radius 3 is 2.47 bits per heavy atom. The van der Waals surface area contributed by atoms with Crippen molar-refractivity contribution in [2.45, 2.75) is 6.42 Å². The molecule has 0 aliphatic heterocycles. The minimum atomic E-state index is -1.18. The van der Waals surface area contributed by atoms with E-state index in [9.17, 15) is 9.59 Å². The van der Waals surface area contributed by atoms with Crippen LogP contribution in [0.15, 0.2) is 36.5 Å². The maximum atomic E-state index is 11.0. The van der Waals surface area contributed by atoms with E-state index in [1.165, 1.54) is 6.20 Å². The van der Waals surface area contributed by atoms with Crippen molar-refractivity contribution in [1.82, 2.24) is 9.97 Å². The van der Waals surface area contributed by atoms with Crippen LogP contribution in [0.4, 0.5) is 0 Å². The zero-order chi connectivity index (χ0) is 13.8. The van der Waals surface area contributed by atoms with Crippen molar-refractivity contribution in [3.63, 3.8) is 0 Å². The quantitative estimate of drug-likeness (QED) is 0.845. The number of rotatable bonds is 4. The lowest BCUT2D eigenvalue weighted by Crippen LogP contribution is -2.18. The average molecular weight is 257 g/mol. The Labute approximate surface area is 108 Å². The van der Waals surface area contributed by atoms with Crippen LogP contribution in [0.1, 0.15) is 16.1 Å². The lowest BCUT2D eigenvalue weighted by Gasteiger charge is -2.06. The first-order valence-corrected chi connectivity index (χ1v) is 5.51. The van der Waals surface area contributed by atoms with Gasteiger partial charge in [0.25, 0.3) is 0 Å². The number of nitrogens with zero attached hydrogens (tertiary/aromatic N) is 2. The van der Waals surface area contributed by atoms with Crippen molar-refractivity contribution in [3.8, 4) is 11.4 Å². The summed E-state index contributed by atoms with van der Waals surface area (Å²) >= 11 is 0. The molecule has 1 aromatic heterocycles. The molecule has 3 N–H and O–H groups in total. The predicted octanol–water partition coefficient (Wildman–Crippen LogP) is 0.870. The van der Waals surface area contributed by atoms with Crippen LogP contribution in [0.2, 0.25) is 0 Å². The number of primary amides is 1. The van der Waals surface area contributed by atoms with Crippen molar-refractivity contribution >= 4 is 11.9 Å². The summed E-state index contributed by atoms with van der Waals surface area (Å²) in [6.07, 6.45) is 0.958. The molecule has 2 aromatic rings. The van der Waals surface area contributed by atoms with Gasteiger partial charge in [0.05, 0.1) is 17.7 Å². The lowest BCUT2D eigenvalue weighted by atomic mass is 10.1. The zero-order valence-electron chi connectivity index (χ0n) is 9.91. The van der Waals surface area contributed by atoms with Gasteiger partial charge in [-0.25, -0.2) is 14.8 Å². The molecule has 6 heteroatoms. The fourth-order valence-electron chi connectivity index (χ4n) is 1.62. The molecule has 0 radical (unpaired) electrons. The number of aromatic carboxylic acids is 1. The Hall–Kier alpha value is -2.76. The molecule has 6 nitrogen and oxygen atoms in total. The highest BCUT2D eigenvalue weighted by molar-refractivity contribution is 5.90. The van der Waals surface area contributed by atoms with E-state index in [0.717, 1.165) is 5.56 Å². The van der Waals surface area contributed by atoms with Crippen molar-refractivity contribution in [2.24, 2.45) is 5.73 Å².